The van der Waals surface area contributed by atoms with Gasteiger partial charge in [0.05, 0.1) is 11.8 Å². The standard InChI is InChI=1S/C10H9N3O/c11-5-7-3-1-2-4-8(7)9-6-12-13-10(9)14/h1-4,6H,5,11H2. The van der Waals surface area contributed by atoms with Crippen LogP contribution in [-0.4, -0.2) is 5.91 Å². The second-order valence-electron chi connectivity index (χ2n) is 2.92. The summed E-state index contributed by atoms with van der Waals surface area (Å²) >= 11 is 0. The molecule has 0 spiro atoms. The van der Waals surface area contributed by atoms with Crippen LogP contribution in [0.2, 0.25) is 0 Å². The molecule has 0 saturated heterocycles. The Bertz CT molecular complexity index is 435. The zero-order valence-electron chi connectivity index (χ0n) is 7.47. The monoisotopic (exact) mass is 187 g/mol. The predicted molar refractivity (Wildman–Crippen MR) is 52.2 cm³/mol. The molecule has 1 heterocycles. The molecule has 2 rings (SSSR count). The molecule has 2 N–H and O–H groups in total. The second kappa shape index (κ2) is 3.51. The number of hydrogen-bond donors (Lipinski definition) is 1. The first-order valence-corrected chi connectivity index (χ1v) is 4.26. The van der Waals surface area contributed by atoms with Gasteiger partial charge < -0.3 is 5.73 Å². The normalized spacial score (nSPS) is 14.6. The predicted octanol–water partition coefficient (Wildman–Crippen LogP) is 1.48. The quantitative estimate of drug-likeness (QED) is 0.761. The molecule has 0 radical (unpaired) electrons. The summed E-state index contributed by atoms with van der Waals surface area (Å²) in [5.41, 5.74) is 7.84. The lowest BCUT2D eigenvalue weighted by molar-refractivity contribution is -0.112. The number of amides is 1. The van der Waals surface area contributed by atoms with Crippen molar-refractivity contribution in [2.75, 3.05) is 0 Å². The Labute approximate surface area is 81.1 Å². The Hall–Kier alpha value is -1.81. The summed E-state index contributed by atoms with van der Waals surface area (Å²) in [5.74, 6) is -0.300. The third-order valence-electron chi connectivity index (χ3n) is 2.09. The third-order valence-corrected chi connectivity index (χ3v) is 2.09. The average Bonchev–Trinajstić information content (AvgIpc) is 2.64. The van der Waals surface area contributed by atoms with Crippen molar-refractivity contribution in [1.82, 2.24) is 0 Å². The van der Waals surface area contributed by atoms with Crippen LogP contribution in [-0.2, 0) is 11.3 Å². The van der Waals surface area contributed by atoms with Crippen LogP contribution in [0.4, 0.5) is 0 Å². The number of carbonyl (C=O) groups excluding carboxylic acids is 1. The summed E-state index contributed by atoms with van der Waals surface area (Å²) in [5, 5.41) is 6.99. The lowest BCUT2D eigenvalue weighted by atomic mass is 10.0. The van der Waals surface area contributed by atoms with E-state index in [0.29, 0.717) is 12.1 Å². The molecule has 1 aliphatic heterocycles. The van der Waals surface area contributed by atoms with Crippen LogP contribution in [0.15, 0.2) is 40.7 Å². The van der Waals surface area contributed by atoms with Crippen molar-refractivity contribution in [2.45, 2.75) is 6.54 Å². The van der Waals surface area contributed by atoms with E-state index in [2.05, 4.69) is 10.2 Å². The van der Waals surface area contributed by atoms with E-state index in [4.69, 9.17) is 5.73 Å². The second-order valence-corrected chi connectivity index (χ2v) is 2.92. The van der Waals surface area contributed by atoms with Gasteiger partial charge in [0.15, 0.2) is 0 Å². The van der Waals surface area contributed by atoms with Crippen LogP contribution in [0.5, 0.6) is 0 Å². The summed E-state index contributed by atoms with van der Waals surface area (Å²) in [4.78, 5) is 11.3. The van der Waals surface area contributed by atoms with Gasteiger partial charge in [-0.3, -0.25) is 4.79 Å². The van der Waals surface area contributed by atoms with E-state index in [-0.39, 0.29) is 5.91 Å². The van der Waals surface area contributed by atoms with Crippen LogP contribution in [0.3, 0.4) is 0 Å². The van der Waals surface area contributed by atoms with Gasteiger partial charge >= 0.3 is 0 Å². The highest BCUT2D eigenvalue weighted by molar-refractivity contribution is 6.21. The van der Waals surface area contributed by atoms with Gasteiger partial charge in [-0.15, -0.1) is 5.11 Å². The topological polar surface area (TPSA) is 67.8 Å². The van der Waals surface area contributed by atoms with Crippen LogP contribution < -0.4 is 5.73 Å². The summed E-state index contributed by atoms with van der Waals surface area (Å²) in [6.07, 6.45) is 1.47. The van der Waals surface area contributed by atoms with Gasteiger partial charge in [-0.2, -0.15) is 5.11 Å². The van der Waals surface area contributed by atoms with Crippen molar-refractivity contribution >= 4 is 11.5 Å². The zero-order valence-corrected chi connectivity index (χ0v) is 7.47. The summed E-state index contributed by atoms with van der Waals surface area (Å²) in [7, 11) is 0. The Morgan fingerprint density at radius 2 is 2.07 bits per heavy atom. The van der Waals surface area contributed by atoms with Gasteiger partial charge in [-0.05, 0) is 11.1 Å². The molecule has 1 aromatic carbocycles. The Balaban J connectivity index is 2.47. The minimum Gasteiger partial charge on any atom is -0.326 e. The summed E-state index contributed by atoms with van der Waals surface area (Å²) in [6.45, 7) is 0.404. The first-order valence-electron chi connectivity index (χ1n) is 4.26. The van der Waals surface area contributed by atoms with Crippen molar-refractivity contribution in [3.63, 3.8) is 0 Å². The first-order chi connectivity index (χ1) is 6.83. The maximum atomic E-state index is 11.3. The van der Waals surface area contributed by atoms with E-state index < -0.39 is 0 Å². The SMILES string of the molecule is NCc1ccccc1C1=CN=NC1=O. The molecule has 4 nitrogen and oxygen atoms in total. The van der Waals surface area contributed by atoms with E-state index in [0.717, 1.165) is 11.1 Å². The molecule has 0 unspecified atom stereocenters. The Kier molecular flexibility index (Phi) is 2.20. The fourth-order valence-electron chi connectivity index (χ4n) is 1.39. The smallest absolute Gasteiger partial charge is 0.297 e. The Morgan fingerprint density at radius 1 is 1.29 bits per heavy atom. The maximum Gasteiger partial charge on any atom is 0.297 e. The highest BCUT2D eigenvalue weighted by Gasteiger charge is 2.17. The van der Waals surface area contributed by atoms with Gasteiger partial charge in [0.25, 0.3) is 5.91 Å². The molecule has 0 saturated carbocycles. The number of rotatable bonds is 2. The Morgan fingerprint density at radius 3 is 2.71 bits per heavy atom. The largest absolute Gasteiger partial charge is 0.326 e. The highest BCUT2D eigenvalue weighted by Crippen LogP contribution is 2.23. The average molecular weight is 187 g/mol. The molecule has 0 aromatic heterocycles. The van der Waals surface area contributed by atoms with E-state index in [1.165, 1.54) is 6.20 Å². The first kappa shape index (κ1) is 8.77. The van der Waals surface area contributed by atoms with E-state index >= 15 is 0 Å². The number of hydrogen-bond acceptors (Lipinski definition) is 3. The van der Waals surface area contributed by atoms with Gasteiger partial charge in [-0.1, -0.05) is 24.3 Å². The van der Waals surface area contributed by atoms with Gasteiger partial charge in [-0.25, -0.2) is 0 Å². The number of azo groups is 1. The lowest BCUT2D eigenvalue weighted by Gasteiger charge is -2.05. The van der Waals surface area contributed by atoms with Gasteiger partial charge in [0.1, 0.15) is 0 Å². The van der Waals surface area contributed by atoms with Crippen molar-refractivity contribution in [1.29, 1.82) is 0 Å². The van der Waals surface area contributed by atoms with Crippen LogP contribution in [0.1, 0.15) is 11.1 Å². The minimum atomic E-state index is -0.300. The van der Waals surface area contributed by atoms with Crippen LogP contribution >= 0.6 is 0 Å². The number of carbonyl (C=O) groups is 1. The molecular formula is C10H9N3O. The molecule has 4 heteroatoms. The summed E-state index contributed by atoms with van der Waals surface area (Å²) < 4.78 is 0. The van der Waals surface area contributed by atoms with E-state index in [9.17, 15) is 4.79 Å². The molecule has 1 amide bonds. The molecule has 14 heavy (non-hydrogen) atoms. The molecular weight excluding hydrogens is 178 g/mol. The number of nitrogens with two attached hydrogens (primary N) is 1. The number of nitrogens with zero attached hydrogens (tertiary/aromatic N) is 2. The third kappa shape index (κ3) is 1.36. The lowest BCUT2D eigenvalue weighted by Crippen LogP contribution is -2.03. The highest BCUT2D eigenvalue weighted by atomic mass is 16.2. The van der Waals surface area contributed by atoms with Gasteiger partial charge in [0.2, 0.25) is 0 Å². The number of benzene rings is 1. The molecule has 70 valence electrons. The van der Waals surface area contributed by atoms with E-state index in [1.807, 2.05) is 24.3 Å². The molecule has 0 aliphatic carbocycles. The maximum absolute atomic E-state index is 11.3. The van der Waals surface area contributed by atoms with Crippen LogP contribution in [0, 0.1) is 0 Å². The van der Waals surface area contributed by atoms with Crippen molar-refractivity contribution in [3.05, 3.63) is 41.6 Å². The fraction of sp³-hybridized carbons (Fsp3) is 0.100. The molecule has 0 atom stereocenters. The van der Waals surface area contributed by atoms with Gasteiger partial charge in [0, 0.05) is 6.54 Å². The minimum absolute atomic E-state index is 0.300. The zero-order chi connectivity index (χ0) is 9.97. The molecule has 1 aromatic rings. The van der Waals surface area contributed by atoms with Crippen molar-refractivity contribution < 1.29 is 4.79 Å². The molecule has 0 fully saturated rings. The fourth-order valence-corrected chi connectivity index (χ4v) is 1.39. The molecule has 0 bridgehead atoms. The molecule has 1 aliphatic rings. The summed E-state index contributed by atoms with van der Waals surface area (Å²) in [6, 6.07) is 7.49. The van der Waals surface area contributed by atoms with E-state index in [1.54, 1.807) is 0 Å². The van der Waals surface area contributed by atoms with Crippen molar-refractivity contribution in [3.8, 4) is 0 Å². The van der Waals surface area contributed by atoms with Crippen molar-refractivity contribution in [2.24, 2.45) is 16.0 Å². The van der Waals surface area contributed by atoms with Crippen LogP contribution in [0.25, 0.3) is 5.57 Å².